The van der Waals surface area contributed by atoms with E-state index in [-0.39, 0.29) is 5.75 Å². The van der Waals surface area contributed by atoms with E-state index in [2.05, 4.69) is 5.32 Å². The lowest BCUT2D eigenvalue weighted by molar-refractivity contribution is -0.119. The number of hydrogen-bond acceptors (Lipinski definition) is 3. The molecule has 1 rings (SSSR count). The summed E-state index contributed by atoms with van der Waals surface area (Å²) < 4.78 is 0. The van der Waals surface area contributed by atoms with Crippen LogP contribution < -0.4 is 11.1 Å². The van der Waals surface area contributed by atoms with Crippen LogP contribution in [0.2, 0.25) is 5.02 Å². The first-order chi connectivity index (χ1) is 7.02. The molecule has 0 bridgehead atoms. The summed E-state index contributed by atoms with van der Waals surface area (Å²) in [7, 11) is 0. The number of halogens is 1. The largest absolute Gasteiger partial charge is 0.506 e. The number of phenols is 1. The van der Waals surface area contributed by atoms with E-state index in [0.29, 0.717) is 17.1 Å². The third kappa shape index (κ3) is 3.11. The Morgan fingerprint density at radius 2 is 2.33 bits per heavy atom. The number of nitrogens with one attached hydrogen (secondary N) is 1. The van der Waals surface area contributed by atoms with Gasteiger partial charge in [0.1, 0.15) is 5.75 Å². The number of primary amides is 1. The average Bonchev–Trinajstić information content (AvgIpc) is 2.19. The van der Waals surface area contributed by atoms with Crippen molar-refractivity contribution in [2.75, 3.05) is 0 Å². The predicted molar refractivity (Wildman–Crippen MR) is 58.6 cm³/mol. The molecular weight excluding hydrogens is 216 g/mol. The number of carbonyl (C=O) groups excluding carboxylic acids is 1. The molecule has 1 aromatic carbocycles. The van der Waals surface area contributed by atoms with E-state index in [1.54, 1.807) is 25.1 Å². The topological polar surface area (TPSA) is 75.3 Å². The molecule has 1 unspecified atom stereocenters. The second kappa shape index (κ2) is 5.00. The number of hydrogen-bond donors (Lipinski definition) is 3. The Kier molecular flexibility index (Phi) is 3.94. The van der Waals surface area contributed by atoms with Crippen molar-refractivity contribution in [3.8, 4) is 5.75 Å². The highest BCUT2D eigenvalue weighted by molar-refractivity contribution is 6.32. The number of benzene rings is 1. The number of aromatic hydroxyl groups is 1. The van der Waals surface area contributed by atoms with E-state index in [1.807, 2.05) is 0 Å². The van der Waals surface area contributed by atoms with Crippen LogP contribution in [0.5, 0.6) is 5.75 Å². The monoisotopic (exact) mass is 228 g/mol. The molecule has 0 heterocycles. The highest BCUT2D eigenvalue weighted by atomic mass is 35.5. The Labute approximate surface area is 93.0 Å². The first-order valence-electron chi connectivity index (χ1n) is 4.51. The minimum Gasteiger partial charge on any atom is -0.506 e. The summed E-state index contributed by atoms with van der Waals surface area (Å²) >= 11 is 5.72. The highest BCUT2D eigenvalue weighted by Gasteiger charge is 2.09. The summed E-state index contributed by atoms with van der Waals surface area (Å²) in [6.45, 7) is 2.00. The zero-order valence-corrected chi connectivity index (χ0v) is 9.08. The lowest BCUT2D eigenvalue weighted by Crippen LogP contribution is -2.38. The summed E-state index contributed by atoms with van der Waals surface area (Å²) in [4.78, 5) is 10.7. The van der Waals surface area contributed by atoms with Crippen LogP contribution in [-0.4, -0.2) is 17.1 Å². The Hall–Kier alpha value is -1.26. The minimum atomic E-state index is -0.441. The van der Waals surface area contributed by atoms with Crippen molar-refractivity contribution < 1.29 is 9.90 Å². The van der Waals surface area contributed by atoms with E-state index < -0.39 is 11.9 Å². The van der Waals surface area contributed by atoms with E-state index in [0.717, 1.165) is 0 Å². The summed E-state index contributed by atoms with van der Waals surface area (Å²) in [5, 5.41) is 12.7. The Morgan fingerprint density at radius 3 is 2.93 bits per heavy atom. The summed E-state index contributed by atoms with van der Waals surface area (Å²) in [5.74, 6) is -0.403. The molecule has 15 heavy (non-hydrogen) atoms. The molecule has 5 heteroatoms. The van der Waals surface area contributed by atoms with Gasteiger partial charge in [-0.3, -0.25) is 4.79 Å². The molecular formula is C10H13ClN2O2. The number of nitrogens with two attached hydrogens (primary N) is 1. The zero-order chi connectivity index (χ0) is 11.4. The number of para-hydroxylation sites is 1. The van der Waals surface area contributed by atoms with Gasteiger partial charge in [-0.05, 0) is 13.0 Å². The Morgan fingerprint density at radius 1 is 1.67 bits per heavy atom. The van der Waals surface area contributed by atoms with Crippen molar-refractivity contribution in [1.82, 2.24) is 5.32 Å². The van der Waals surface area contributed by atoms with Crippen molar-refractivity contribution in [3.63, 3.8) is 0 Å². The van der Waals surface area contributed by atoms with Gasteiger partial charge in [0.05, 0.1) is 11.1 Å². The van der Waals surface area contributed by atoms with Crippen LogP contribution in [0.3, 0.4) is 0 Å². The molecule has 4 nitrogen and oxygen atoms in total. The molecule has 1 aromatic rings. The van der Waals surface area contributed by atoms with Crippen LogP contribution in [0.4, 0.5) is 0 Å². The van der Waals surface area contributed by atoms with Crippen LogP contribution in [-0.2, 0) is 11.3 Å². The van der Waals surface area contributed by atoms with Crippen LogP contribution in [0.15, 0.2) is 18.2 Å². The number of carbonyl (C=O) groups is 1. The van der Waals surface area contributed by atoms with Crippen molar-refractivity contribution in [3.05, 3.63) is 28.8 Å². The molecule has 0 fully saturated rings. The SMILES string of the molecule is CC(NCc1cccc(Cl)c1O)C(N)=O. The van der Waals surface area contributed by atoms with Crippen molar-refractivity contribution in [1.29, 1.82) is 0 Å². The van der Waals surface area contributed by atoms with Gasteiger partial charge in [0.2, 0.25) is 5.91 Å². The molecule has 0 saturated carbocycles. The molecule has 0 saturated heterocycles. The molecule has 82 valence electrons. The molecule has 0 aliphatic carbocycles. The molecule has 1 amide bonds. The normalized spacial score (nSPS) is 12.4. The fraction of sp³-hybridized carbons (Fsp3) is 0.300. The van der Waals surface area contributed by atoms with Gasteiger partial charge in [0, 0.05) is 12.1 Å². The molecule has 4 N–H and O–H groups in total. The van der Waals surface area contributed by atoms with E-state index in [4.69, 9.17) is 17.3 Å². The van der Waals surface area contributed by atoms with Crippen molar-refractivity contribution in [2.24, 2.45) is 5.73 Å². The summed E-state index contributed by atoms with van der Waals surface area (Å²) in [6.07, 6.45) is 0. The molecule has 1 atom stereocenters. The number of phenolic OH excluding ortho intramolecular Hbond substituents is 1. The van der Waals surface area contributed by atoms with Gasteiger partial charge in [0.15, 0.2) is 0 Å². The quantitative estimate of drug-likeness (QED) is 0.720. The molecule has 0 aliphatic heterocycles. The summed E-state index contributed by atoms with van der Waals surface area (Å²) in [5.41, 5.74) is 5.71. The lowest BCUT2D eigenvalue weighted by Gasteiger charge is -2.11. The maximum Gasteiger partial charge on any atom is 0.234 e. The maximum atomic E-state index is 10.7. The van der Waals surface area contributed by atoms with Crippen LogP contribution in [0, 0.1) is 0 Å². The molecule has 0 spiro atoms. The maximum absolute atomic E-state index is 10.7. The minimum absolute atomic E-state index is 0.0309. The Balaban J connectivity index is 2.66. The van der Waals surface area contributed by atoms with Gasteiger partial charge in [0.25, 0.3) is 0 Å². The van der Waals surface area contributed by atoms with Gasteiger partial charge in [-0.15, -0.1) is 0 Å². The van der Waals surface area contributed by atoms with Crippen LogP contribution in [0.1, 0.15) is 12.5 Å². The summed E-state index contributed by atoms with van der Waals surface area (Å²) in [6, 6.07) is 4.61. The van der Waals surface area contributed by atoms with Gasteiger partial charge < -0.3 is 16.2 Å². The zero-order valence-electron chi connectivity index (χ0n) is 8.33. The van der Waals surface area contributed by atoms with E-state index in [1.165, 1.54) is 0 Å². The van der Waals surface area contributed by atoms with Gasteiger partial charge in [-0.1, -0.05) is 23.7 Å². The van der Waals surface area contributed by atoms with E-state index >= 15 is 0 Å². The van der Waals surface area contributed by atoms with Crippen LogP contribution >= 0.6 is 11.6 Å². The standard InChI is InChI=1S/C10H13ClN2O2/c1-6(10(12)15)13-5-7-3-2-4-8(11)9(7)14/h2-4,6,13-14H,5H2,1H3,(H2,12,15). The third-order valence-electron chi connectivity index (χ3n) is 2.10. The van der Waals surface area contributed by atoms with E-state index in [9.17, 15) is 9.90 Å². The van der Waals surface area contributed by atoms with Crippen LogP contribution in [0.25, 0.3) is 0 Å². The molecule has 0 aliphatic rings. The van der Waals surface area contributed by atoms with Gasteiger partial charge in [-0.2, -0.15) is 0 Å². The highest BCUT2D eigenvalue weighted by Crippen LogP contribution is 2.26. The lowest BCUT2D eigenvalue weighted by atomic mass is 10.2. The first kappa shape index (κ1) is 11.8. The second-order valence-electron chi connectivity index (χ2n) is 3.25. The van der Waals surface area contributed by atoms with Gasteiger partial charge >= 0.3 is 0 Å². The fourth-order valence-electron chi connectivity index (χ4n) is 1.07. The average molecular weight is 229 g/mol. The predicted octanol–water partition coefficient (Wildman–Crippen LogP) is 1.01. The number of rotatable bonds is 4. The molecule has 0 aromatic heterocycles. The molecule has 0 radical (unpaired) electrons. The number of amides is 1. The fourth-order valence-corrected chi connectivity index (χ4v) is 1.26. The van der Waals surface area contributed by atoms with Crippen molar-refractivity contribution >= 4 is 17.5 Å². The first-order valence-corrected chi connectivity index (χ1v) is 4.89. The Bertz CT molecular complexity index is 368. The van der Waals surface area contributed by atoms with Gasteiger partial charge in [-0.25, -0.2) is 0 Å². The smallest absolute Gasteiger partial charge is 0.234 e. The third-order valence-corrected chi connectivity index (χ3v) is 2.40. The second-order valence-corrected chi connectivity index (χ2v) is 3.66. The van der Waals surface area contributed by atoms with Crippen molar-refractivity contribution in [2.45, 2.75) is 19.5 Å².